The first-order valence-electron chi connectivity index (χ1n) is 5.63. The molecule has 1 aromatic carbocycles. The van der Waals surface area contributed by atoms with Crippen LogP contribution >= 0.6 is 0 Å². The zero-order valence-corrected chi connectivity index (χ0v) is 10.5. The lowest BCUT2D eigenvalue weighted by Crippen LogP contribution is -2.30. The number of likely N-dealkylation sites (N-methyl/N-ethyl adjacent to an activating group) is 1. The molecule has 2 aromatic rings. The number of primary amides is 1. The summed E-state index contributed by atoms with van der Waals surface area (Å²) in [4.78, 5) is 17.3. The van der Waals surface area contributed by atoms with Crippen LogP contribution in [-0.2, 0) is 4.79 Å². The van der Waals surface area contributed by atoms with Crippen molar-refractivity contribution in [2.45, 2.75) is 6.92 Å². The number of rotatable bonds is 3. The molecule has 5 nitrogen and oxygen atoms in total. The molecule has 2 rings (SSSR count). The Bertz CT molecular complexity index is 609. The van der Waals surface area contributed by atoms with E-state index in [1.165, 1.54) is 0 Å². The molecular weight excluding hydrogens is 228 g/mol. The van der Waals surface area contributed by atoms with E-state index in [4.69, 9.17) is 11.5 Å². The summed E-state index contributed by atoms with van der Waals surface area (Å²) in [5.41, 5.74) is 14.3. The Hall–Kier alpha value is -2.30. The van der Waals surface area contributed by atoms with Crippen molar-refractivity contribution in [3.63, 3.8) is 0 Å². The minimum absolute atomic E-state index is 0.160. The second-order valence-electron chi connectivity index (χ2n) is 4.38. The average molecular weight is 244 g/mol. The molecule has 0 fully saturated rings. The Kier molecular flexibility index (Phi) is 3.06. The van der Waals surface area contributed by atoms with Crippen LogP contribution in [0.15, 0.2) is 24.3 Å². The molecular formula is C13H16N4O. The van der Waals surface area contributed by atoms with Gasteiger partial charge in [-0.15, -0.1) is 0 Å². The van der Waals surface area contributed by atoms with Crippen molar-refractivity contribution >= 4 is 28.2 Å². The quantitative estimate of drug-likeness (QED) is 0.790. The van der Waals surface area contributed by atoms with Gasteiger partial charge >= 0.3 is 0 Å². The van der Waals surface area contributed by atoms with Gasteiger partial charge in [0.15, 0.2) is 0 Å². The number of benzene rings is 1. The number of amides is 1. The van der Waals surface area contributed by atoms with Crippen LogP contribution in [0.1, 0.15) is 5.69 Å². The number of hydrogen-bond acceptors (Lipinski definition) is 4. The summed E-state index contributed by atoms with van der Waals surface area (Å²) in [6, 6.07) is 7.46. The second kappa shape index (κ2) is 4.52. The molecule has 94 valence electrons. The maximum atomic E-state index is 11.0. The highest BCUT2D eigenvalue weighted by atomic mass is 16.1. The zero-order chi connectivity index (χ0) is 13.3. The highest BCUT2D eigenvalue weighted by Crippen LogP contribution is 2.27. The van der Waals surface area contributed by atoms with E-state index in [0.29, 0.717) is 5.69 Å². The van der Waals surface area contributed by atoms with Gasteiger partial charge in [-0.2, -0.15) is 0 Å². The van der Waals surface area contributed by atoms with Crippen molar-refractivity contribution < 1.29 is 4.79 Å². The van der Waals surface area contributed by atoms with Crippen molar-refractivity contribution in [3.05, 3.63) is 30.0 Å². The Balaban J connectivity index is 2.60. The molecule has 1 aromatic heterocycles. The Morgan fingerprint density at radius 2 is 2.11 bits per heavy atom. The number of nitrogens with zero attached hydrogens (tertiary/aromatic N) is 2. The topological polar surface area (TPSA) is 85.2 Å². The molecule has 0 aliphatic heterocycles. The minimum atomic E-state index is -0.371. The standard InChI is InChI=1S/C13H16N4O/c1-8-5-12(17(2)7-13(15)18)10-6-9(14)3-4-11(10)16-8/h3-6H,7,14H2,1-2H3,(H2,15,18). The van der Waals surface area contributed by atoms with E-state index in [1.54, 1.807) is 4.90 Å². The number of carbonyl (C=O) groups is 1. The van der Waals surface area contributed by atoms with Crippen LogP contribution in [0.25, 0.3) is 10.9 Å². The molecule has 0 spiro atoms. The summed E-state index contributed by atoms with van der Waals surface area (Å²) in [5.74, 6) is -0.371. The maximum absolute atomic E-state index is 11.0. The maximum Gasteiger partial charge on any atom is 0.236 e. The molecule has 0 atom stereocenters. The summed E-state index contributed by atoms with van der Waals surface area (Å²) in [6.45, 7) is 2.07. The van der Waals surface area contributed by atoms with Crippen molar-refractivity contribution in [1.82, 2.24) is 4.98 Å². The first-order valence-corrected chi connectivity index (χ1v) is 5.63. The number of fused-ring (bicyclic) bond motifs is 1. The summed E-state index contributed by atoms with van der Waals surface area (Å²) in [7, 11) is 1.82. The zero-order valence-electron chi connectivity index (χ0n) is 10.5. The number of nitrogen functional groups attached to an aromatic ring is 1. The fourth-order valence-corrected chi connectivity index (χ4v) is 1.99. The molecule has 0 bridgehead atoms. The first kappa shape index (κ1) is 12.2. The molecule has 0 radical (unpaired) electrons. The Morgan fingerprint density at radius 3 is 2.78 bits per heavy atom. The third kappa shape index (κ3) is 2.34. The normalized spacial score (nSPS) is 10.6. The monoisotopic (exact) mass is 244 g/mol. The van der Waals surface area contributed by atoms with Gasteiger partial charge in [0.2, 0.25) is 5.91 Å². The van der Waals surface area contributed by atoms with Gasteiger partial charge in [-0.05, 0) is 31.2 Å². The highest BCUT2D eigenvalue weighted by molar-refractivity contribution is 5.95. The van der Waals surface area contributed by atoms with E-state index in [1.807, 2.05) is 38.2 Å². The van der Waals surface area contributed by atoms with Crippen LogP contribution < -0.4 is 16.4 Å². The number of nitrogens with two attached hydrogens (primary N) is 2. The summed E-state index contributed by atoms with van der Waals surface area (Å²) in [6.07, 6.45) is 0. The number of pyridine rings is 1. The van der Waals surface area contributed by atoms with Crippen LogP contribution in [0.3, 0.4) is 0 Å². The summed E-state index contributed by atoms with van der Waals surface area (Å²) >= 11 is 0. The number of carbonyl (C=O) groups excluding carboxylic acids is 1. The Morgan fingerprint density at radius 1 is 1.39 bits per heavy atom. The van der Waals surface area contributed by atoms with Crippen LogP contribution in [0.2, 0.25) is 0 Å². The lowest BCUT2D eigenvalue weighted by atomic mass is 10.1. The van der Waals surface area contributed by atoms with Crippen LogP contribution in [-0.4, -0.2) is 24.5 Å². The van der Waals surface area contributed by atoms with E-state index in [9.17, 15) is 4.79 Å². The number of aryl methyl sites for hydroxylation is 1. The fourth-order valence-electron chi connectivity index (χ4n) is 1.99. The molecule has 1 amide bonds. The Labute approximate surface area is 105 Å². The third-order valence-corrected chi connectivity index (χ3v) is 2.74. The summed E-state index contributed by atoms with van der Waals surface area (Å²) in [5, 5.41) is 0.921. The molecule has 1 heterocycles. The highest BCUT2D eigenvalue weighted by Gasteiger charge is 2.10. The summed E-state index contributed by atoms with van der Waals surface area (Å²) < 4.78 is 0. The first-order chi connectivity index (χ1) is 8.47. The third-order valence-electron chi connectivity index (χ3n) is 2.74. The van der Waals surface area contributed by atoms with E-state index < -0.39 is 0 Å². The van der Waals surface area contributed by atoms with Crippen molar-refractivity contribution in [3.8, 4) is 0 Å². The van der Waals surface area contributed by atoms with Gasteiger partial charge in [0.05, 0.1) is 12.1 Å². The number of anilines is 2. The SMILES string of the molecule is Cc1cc(N(C)CC(N)=O)c2cc(N)ccc2n1. The van der Waals surface area contributed by atoms with Crippen molar-refractivity contribution in [2.75, 3.05) is 24.2 Å². The van der Waals surface area contributed by atoms with Gasteiger partial charge in [-0.1, -0.05) is 0 Å². The van der Waals surface area contributed by atoms with E-state index in [2.05, 4.69) is 4.98 Å². The van der Waals surface area contributed by atoms with Crippen LogP contribution in [0, 0.1) is 6.92 Å². The largest absolute Gasteiger partial charge is 0.399 e. The van der Waals surface area contributed by atoms with Gasteiger partial charge in [-0.25, -0.2) is 0 Å². The molecule has 0 saturated heterocycles. The van der Waals surface area contributed by atoms with Gasteiger partial charge in [0, 0.05) is 29.5 Å². The predicted octanol–water partition coefficient (Wildman–Crippen LogP) is 1.05. The molecule has 18 heavy (non-hydrogen) atoms. The van der Waals surface area contributed by atoms with Gasteiger partial charge in [-0.3, -0.25) is 9.78 Å². The van der Waals surface area contributed by atoms with E-state index in [-0.39, 0.29) is 12.5 Å². The van der Waals surface area contributed by atoms with Gasteiger partial charge in [0.1, 0.15) is 0 Å². The molecule has 4 N–H and O–H groups in total. The second-order valence-corrected chi connectivity index (χ2v) is 4.38. The van der Waals surface area contributed by atoms with Crippen LogP contribution in [0.4, 0.5) is 11.4 Å². The lowest BCUT2D eigenvalue weighted by molar-refractivity contribution is -0.116. The molecule has 0 saturated carbocycles. The van der Waals surface area contributed by atoms with Crippen molar-refractivity contribution in [1.29, 1.82) is 0 Å². The molecule has 0 aliphatic carbocycles. The lowest BCUT2D eigenvalue weighted by Gasteiger charge is -2.20. The van der Waals surface area contributed by atoms with Gasteiger partial charge in [0.25, 0.3) is 0 Å². The van der Waals surface area contributed by atoms with Gasteiger partial charge < -0.3 is 16.4 Å². The predicted molar refractivity (Wildman–Crippen MR) is 73.4 cm³/mol. The van der Waals surface area contributed by atoms with Crippen molar-refractivity contribution in [2.24, 2.45) is 5.73 Å². The average Bonchev–Trinajstić information content (AvgIpc) is 2.27. The minimum Gasteiger partial charge on any atom is -0.399 e. The van der Waals surface area contributed by atoms with E-state index >= 15 is 0 Å². The van der Waals surface area contributed by atoms with Crippen LogP contribution in [0.5, 0.6) is 0 Å². The number of aromatic nitrogens is 1. The fraction of sp³-hybridized carbons (Fsp3) is 0.231. The molecule has 0 unspecified atom stereocenters. The molecule has 5 heteroatoms. The smallest absolute Gasteiger partial charge is 0.236 e. The molecule has 0 aliphatic rings. The number of hydrogen-bond donors (Lipinski definition) is 2. The van der Waals surface area contributed by atoms with E-state index in [0.717, 1.165) is 22.3 Å².